The summed E-state index contributed by atoms with van der Waals surface area (Å²) in [7, 11) is 0. The summed E-state index contributed by atoms with van der Waals surface area (Å²) in [5.74, 6) is -0.763. The zero-order chi connectivity index (χ0) is 13.1. The van der Waals surface area contributed by atoms with Crippen LogP contribution in [0.4, 0.5) is 15.9 Å². The molecule has 0 saturated heterocycles. The summed E-state index contributed by atoms with van der Waals surface area (Å²) in [5, 5.41) is 2.81. The number of nitrogens with zero attached hydrogens (tertiary/aromatic N) is 1. The minimum Gasteiger partial charge on any atom is -0.398 e. The molecule has 0 unspecified atom stereocenters. The summed E-state index contributed by atoms with van der Waals surface area (Å²) in [5.41, 5.74) is 5.78. The quantitative estimate of drug-likeness (QED) is 0.821. The van der Waals surface area contributed by atoms with E-state index in [2.05, 4.69) is 10.3 Å². The van der Waals surface area contributed by atoms with Crippen molar-refractivity contribution in [3.05, 3.63) is 52.9 Å². The van der Waals surface area contributed by atoms with Crippen molar-refractivity contribution < 1.29 is 9.18 Å². The Morgan fingerprint density at radius 1 is 1.39 bits per heavy atom. The molecule has 1 aromatic heterocycles. The molecular formula is C12H9ClFN3O. The van der Waals surface area contributed by atoms with Crippen LogP contribution in [-0.2, 0) is 0 Å². The molecule has 1 amide bonds. The molecule has 1 aromatic carbocycles. The number of aromatic nitrogens is 1. The zero-order valence-electron chi connectivity index (χ0n) is 9.15. The second-order valence-corrected chi connectivity index (χ2v) is 3.93. The largest absolute Gasteiger partial charge is 0.398 e. The average Bonchev–Trinajstić information content (AvgIpc) is 2.32. The number of benzene rings is 1. The third kappa shape index (κ3) is 2.57. The van der Waals surface area contributed by atoms with Crippen molar-refractivity contribution in [2.75, 3.05) is 11.1 Å². The van der Waals surface area contributed by atoms with Gasteiger partial charge in [-0.1, -0.05) is 11.6 Å². The first kappa shape index (κ1) is 12.3. The van der Waals surface area contributed by atoms with E-state index in [-0.39, 0.29) is 17.1 Å². The van der Waals surface area contributed by atoms with Crippen molar-refractivity contribution in [1.82, 2.24) is 4.98 Å². The maximum atomic E-state index is 12.9. The molecule has 6 heteroatoms. The lowest BCUT2D eigenvalue weighted by Crippen LogP contribution is -2.15. The van der Waals surface area contributed by atoms with Crippen molar-refractivity contribution in [2.24, 2.45) is 0 Å². The summed E-state index contributed by atoms with van der Waals surface area (Å²) in [6, 6.07) is 6.78. The SMILES string of the molecule is Nc1cc(F)ccc1C(=O)Nc1ncccc1Cl. The Balaban J connectivity index is 2.25. The van der Waals surface area contributed by atoms with Gasteiger partial charge in [0, 0.05) is 11.9 Å². The van der Waals surface area contributed by atoms with E-state index in [0.29, 0.717) is 5.02 Å². The van der Waals surface area contributed by atoms with Gasteiger partial charge in [0.05, 0.1) is 10.6 Å². The highest BCUT2D eigenvalue weighted by Crippen LogP contribution is 2.20. The van der Waals surface area contributed by atoms with Crippen molar-refractivity contribution in [2.45, 2.75) is 0 Å². The van der Waals surface area contributed by atoms with Gasteiger partial charge in [-0.25, -0.2) is 9.37 Å². The average molecular weight is 266 g/mol. The van der Waals surface area contributed by atoms with E-state index < -0.39 is 11.7 Å². The molecule has 0 aliphatic carbocycles. The highest BCUT2D eigenvalue weighted by molar-refractivity contribution is 6.33. The van der Waals surface area contributed by atoms with E-state index in [4.69, 9.17) is 17.3 Å². The predicted octanol–water partition coefficient (Wildman–Crippen LogP) is 2.71. The van der Waals surface area contributed by atoms with Gasteiger partial charge in [-0.2, -0.15) is 0 Å². The Morgan fingerprint density at radius 3 is 2.83 bits per heavy atom. The second-order valence-electron chi connectivity index (χ2n) is 3.52. The first-order valence-corrected chi connectivity index (χ1v) is 5.42. The van der Waals surface area contributed by atoms with Gasteiger partial charge >= 0.3 is 0 Å². The monoisotopic (exact) mass is 265 g/mol. The molecule has 0 aliphatic heterocycles. The molecule has 3 N–H and O–H groups in total. The first-order chi connectivity index (χ1) is 8.58. The van der Waals surface area contributed by atoms with Gasteiger partial charge in [-0.05, 0) is 30.3 Å². The Hall–Kier alpha value is -2.14. The molecule has 92 valence electrons. The second kappa shape index (κ2) is 5.01. The lowest BCUT2D eigenvalue weighted by Gasteiger charge is -2.07. The van der Waals surface area contributed by atoms with Gasteiger partial charge in [0.25, 0.3) is 5.91 Å². The van der Waals surface area contributed by atoms with Crippen LogP contribution < -0.4 is 11.1 Å². The van der Waals surface area contributed by atoms with E-state index in [0.717, 1.165) is 12.1 Å². The van der Waals surface area contributed by atoms with Crippen molar-refractivity contribution in [3.8, 4) is 0 Å². The molecule has 0 bridgehead atoms. The number of nitrogen functional groups attached to an aromatic ring is 1. The molecule has 1 heterocycles. The summed E-state index contributed by atoms with van der Waals surface area (Å²) in [6.07, 6.45) is 1.50. The number of hydrogen-bond acceptors (Lipinski definition) is 3. The number of nitrogens with two attached hydrogens (primary N) is 1. The fraction of sp³-hybridized carbons (Fsp3) is 0. The van der Waals surface area contributed by atoms with E-state index in [1.165, 1.54) is 12.3 Å². The van der Waals surface area contributed by atoms with Crippen LogP contribution in [-0.4, -0.2) is 10.9 Å². The summed E-state index contributed by atoms with van der Waals surface area (Å²) < 4.78 is 12.9. The van der Waals surface area contributed by atoms with Gasteiger partial charge in [0.2, 0.25) is 0 Å². The van der Waals surface area contributed by atoms with Crippen LogP contribution in [0.25, 0.3) is 0 Å². The smallest absolute Gasteiger partial charge is 0.258 e. The number of anilines is 2. The van der Waals surface area contributed by atoms with Crippen molar-refractivity contribution in [1.29, 1.82) is 0 Å². The molecule has 0 atom stereocenters. The molecule has 0 aliphatic rings. The van der Waals surface area contributed by atoms with Crippen LogP contribution in [0.3, 0.4) is 0 Å². The summed E-state index contributed by atoms with van der Waals surface area (Å²) in [4.78, 5) is 15.8. The van der Waals surface area contributed by atoms with E-state index in [1.807, 2.05) is 0 Å². The number of nitrogens with one attached hydrogen (secondary N) is 1. The first-order valence-electron chi connectivity index (χ1n) is 5.05. The molecule has 0 fully saturated rings. The Kier molecular flexibility index (Phi) is 3.43. The van der Waals surface area contributed by atoms with Crippen LogP contribution in [0.5, 0.6) is 0 Å². The number of hydrogen-bond donors (Lipinski definition) is 2. The van der Waals surface area contributed by atoms with Crippen LogP contribution in [0, 0.1) is 5.82 Å². The summed E-state index contributed by atoms with van der Waals surface area (Å²) in [6.45, 7) is 0. The van der Waals surface area contributed by atoms with E-state index in [1.54, 1.807) is 12.1 Å². The fourth-order valence-corrected chi connectivity index (χ4v) is 1.56. The summed E-state index contributed by atoms with van der Waals surface area (Å²) >= 11 is 5.85. The molecule has 18 heavy (non-hydrogen) atoms. The van der Waals surface area contributed by atoms with Crippen LogP contribution in [0.2, 0.25) is 5.02 Å². The molecular weight excluding hydrogens is 257 g/mol. The lowest BCUT2D eigenvalue weighted by atomic mass is 10.1. The van der Waals surface area contributed by atoms with Crippen LogP contribution in [0.1, 0.15) is 10.4 Å². The Morgan fingerprint density at radius 2 is 2.17 bits per heavy atom. The lowest BCUT2D eigenvalue weighted by molar-refractivity contribution is 0.102. The predicted molar refractivity (Wildman–Crippen MR) is 68.0 cm³/mol. The molecule has 2 aromatic rings. The molecule has 4 nitrogen and oxygen atoms in total. The number of pyridine rings is 1. The van der Waals surface area contributed by atoms with Crippen molar-refractivity contribution >= 4 is 29.0 Å². The standard InChI is InChI=1S/C12H9ClFN3O/c13-9-2-1-5-16-11(9)17-12(18)8-4-3-7(14)6-10(8)15/h1-6H,15H2,(H,16,17,18). The number of carbonyl (C=O) groups excluding carboxylic acids is 1. The minimum absolute atomic E-state index is 0.0551. The number of halogens is 2. The third-order valence-corrected chi connectivity index (χ3v) is 2.55. The third-order valence-electron chi connectivity index (χ3n) is 2.25. The number of carbonyl (C=O) groups is 1. The van der Waals surface area contributed by atoms with E-state index >= 15 is 0 Å². The maximum Gasteiger partial charge on any atom is 0.258 e. The van der Waals surface area contributed by atoms with Crippen LogP contribution >= 0.6 is 11.6 Å². The van der Waals surface area contributed by atoms with Crippen molar-refractivity contribution in [3.63, 3.8) is 0 Å². The van der Waals surface area contributed by atoms with Gasteiger partial charge < -0.3 is 11.1 Å². The Labute approximate surface area is 108 Å². The highest BCUT2D eigenvalue weighted by atomic mass is 35.5. The van der Waals surface area contributed by atoms with Gasteiger partial charge in [0.1, 0.15) is 5.82 Å². The fourth-order valence-electron chi connectivity index (χ4n) is 1.39. The zero-order valence-corrected chi connectivity index (χ0v) is 9.91. The minimum atomic E-state index is -0.500. The normalized spacial score (nSPS) is 10.1. The van der Waals surface area contributed by atoms with Gasteiger partial charge in [-0.15, -0.1) is 0 Å². The van der Waals surface area contributed by atoms with E-state index in [9.17, 15) is 9.18 Å². The number of amides is 1. The maximum absolute atomic E-state index is 12.9. The Bertz CT molecular complexity index is 604. The van der Waals surface area contributed by atoms with Gasteiger partial charge in [0.15, 0.2) is 5.82 Å². The molecule has 0 saturated carbocycles. The van der Waals surface area contributed by atoms with Crippen LogP contribution in [0.15, 0.2) is 36.5 Å². The molecule has 0 radical (unpaired) electrons. The number of rotatable bonds is 2. The topological polar surface area (TPSA) is 68.0 Å². The molecule has 0 spiro atoms. The van der Waals surface area contributed by atoms with Gasteiger partial charge in [-0.3, -0.25) is 4.79 Å². The highest BCUT2D eigenvalue weighted by Gasteiger charge is 2.12. The molecule has 2 rings (SSSR count).